The van der Waals surface area contributed by atoms with Crippen LogP contribution in [0.25, 0.3) is 11.3 Å². The number of nitrogens with two attached hydrogens (primary N) is 1. The molecule has 2 N–H and O–H groups in total. The summed E-state index contributed by atoms with van der Waals surface area (Å²) in [7, 11) is 0. The average Bonchev–Trinajstić information content (AvgIpc) is 3.09. The lowest BCUT2D eigenvalue weighted by Crippen LogP contribution is -2.14. The second-order valence-electron chi connectivity index (χ2n) is 7.69. The van der Waals surface area contributed by atoms with Gasteiger partial charge in [0.15, 0.2) is 11.6 Å². The number of nitrogens with zero attached hydrogens (tertiary/aromatic N) is 3. The first-order valence-electron chi connectivity index (χ1n) is 8.75. The number of anilines is 1. The van der Waals surface area contributed by atoms with Crippen LogP contribution in [0.3, 0.4) is 0 Å². The molecule has 0 spiro atoms. The molecule has 2 aromatic heterocycles. The molecule has 132 valence electrons. The Morgan fingerprint density at radius 3 is 2.60 bits per heavy atom. The van der Waals surface area contributed by atoms with Crippen LogP contribution in [0.15, 0.2) is 18.3 Å². The summed E-state index contributed by atoms with van der Waals surface area (Å²) in [4.78, 5) is 3.99. The van der Waals surface area contributed by atoms with E-state index < -0.39 is 6.61 Å². The molecule has 0 radical (unpaired) electrons. The van der Waals surface area contributed by atoms with Gasteiger partial charge < -0.3 is 10.5 Å². The van der Waals surface area contributed by atoms with Crippen LogP contribution in [-0.4, -0.2) is 21.4 Å². The van der Waals surface area contributed by atoms with Gasteiger partial charge in [0.05, 0.1) is 5.69 Å². The molecule has 1 unspecified atom stereocenters. The third-order valence-corrected chi connectivity index (χ3v) is 6.28. The molecule has 4 aliphatic rings. The maximum absolute atomic E-state index is 12.5. The summed E-state index contributed by atoms with van der Waals surface area (Å²) in [6.07, 6.45) is 4.21. The Kier molecular flexibility index (Phi) is 2.84. The number of hydrogen-bond acceptors (Lipinski definition) is 4. The fraction of sp³-hybridized carbons (Fsp3) is 0.556. The van der Waals surface area contributed by atoms with Crippen molar-refractivity contribution in [2.24, 2.45) is 17.8 Å². The second kappa shape index (κ2) is 4.71. The number of aromatic nitrogens is 3. The highest BCUT2D eigenvalue weighted by Gasteiger charge is 2.90. The van der Waals surface area contributed by atoms with Gasteiger partial charge in [-0.2, -0.15) is 13.9 Å². The minimum atomic E-state index is -2.93. The van der Waals surface area contributed by atoms with Gasteiger partial charge in [0.1, 0.15) is 0 Å². The van der Waals surface area contributed by atoms with E-state index in [2.05, 4.69) is 34.3 Å². The summed E-state index contributed by atoms with van der Waals surface area (Å²) in [5.41, 5.74) is 8.66. The average molecular weight is 346 g/mol. The molecule has 0 amide bonds. The van der Waals surface area contributed by atoms with Gasteiger partial charge in [-0.25, -0.2) is 4.98 Å². The molecule has 2 aromatic rings. The van der Waals surface area contributed by atoms with Crippen molar-refractivity contribution >= 4 is 5.82 Å². The summed E-state index contributed by atoms with van der Waals surface area (Å²) < 4.78 is 31.7. The predicted octanol–water partition coefficient (Wildman–Crippen LogP) is 3.62. The van der Waals surface area contributed by atoms with Gasteiger partial charge in [0.2, 0.25) is 0 Å². The van der Waals surface area contributed by atoms with Crippen LogP contribution in [0.4, 0.5) is 14.6 Å². The molecule has 6 rings (SSSR count). The number of fused-ring (bicyclic) bond motifs is 1. The third kappa shape index (κ3) is 1.86. The Morgan fingerprint density at radius 1 is 1.28 bits per heavy atom. The minimum absolute atomic E-state index is 0.0475. The molecule has 7 heteroatoms. The molecule has 2 bridgehead atoms. The molecule has 0 aromatic carbocycles. The number of nitrogen functional groups attached to an aromatic ring is 1. The smallest absolute Gasteiger partial charge is 0.387 e. The van der Waals surface area contributed by atoms with E-state index in [9.17, 15) is 8.78 Å². The van der Waals surface area contributed by atoms with Crippen molar-refractivity contribution in [3.63, 3.8) is 0 Å². The van der Waals surface area contributed by atoms with E-state index in [1.165, 1.54) is 24.6 Å². The Balaban J connectivity index is 1.55. The standard InChI is InChI=1S/C18H20F2N4O/c1-8(2)24-14(18-10-3-4-11(18)15(10)18)6-12(23-24)9-5-13(25-17(19)20)16(21)22-7-9/h5-8,10-11,15,17H,3-4H2,1-2H3,(H2,21,22)/t10-,11?,15-,18-/m1/s1. The number of hydrogen-bond donors (Lipinski definition) is 1. The molecule has 0 aliphatic heterocycles. The van der Waals surface area contributed by atoms with Gasteiger partial charge in [-0.15, -0.1) is 0 Å². The number of alkyl halides is 2. The van der Waals surface area contributed by atoms with Crippen molar-refractivity contribution in [1.29, 1.82) is 0 Å². The van der Waals surface area contributed by atoms with Gasteiger partial charge in [-0.3, -0.25) is 4.68 Å². The highest BCUT2D eigenvalue weighted by atomic mass is 19.3. The van der Waals surface area contributed by atoms with Crippen LogP contribution in [-0.2, 0) is 5.41 Å². The van der Waals surface area contributed by atoms with Crippen LogP contribution < -0.4 is 10.5 Å². The molecule has 4 aliphatic carbocycles. The molecule has 0 saturated heterocycles. The van der Waals surface area contributed by atoms with Gasteiger partial charge in [-0.05, 0) is 56.6 Å². The molecular formula is C18H20F2N4O. The monoisotopic (exact) mass is 346 g/mol. The van der Waals surface area contributed by atoms with Gasteiger partial charge >= 0.3 is 6.61 Å². The Labute approximate surface area is 144 Å². The lowest BCUT2D eigenvalue weighted by atomic mass is 10.0. The number of pyridine rings is 1. The van der Waals surface area contributed by atoms with Gasteiger partial charge in [0, 0.05) is 28.9 Å². The largest absolute Gasteiger partial charge is 0.431 e. The molecule has 5 nitrogen and oxygen atoms in total. The SMILES string of the molecule is CC(C)n1nc(-c2cnc(N)c(OC(F)F)c2)cc1[C@]12C3CC[C@@H]1[C@H]32. The number of halogens is 2. The summed E-state index contributed by atoms with van der Waals surface area (Å²) in [5.74, 6) is 2.33. The zero-order valence-electron chi connectivity index (χ0n) is 14.1. The van der Waals surface area contributed by atoms with Crippen molar-refractivity contribution in [1.82, 2.24) is 14.8 Å². The van der Waals surface area contributed by atoms with Crippen molar-refractivity contribution in [3.05, 3.63) is 24.0 Å². The molecule has 25 heavy (non-hydrogen) atoms. The number of rotatable bonds is 5. The summed E-state index contributed by atoms with van der Waals surface area (Å²) in [6.45, 7) is 1.30. The topological polar surface area (TPSA) is 66.0 Å². The van der Waals surface area contributed by atoms with Crippen LogP contribution in [0.5, 0.6) is 5.75 Å². The normalized spacial score (nSPS) is 31.5. The van der Waals surface area contributed by atoms with Crippen molar-refractivity contribution in [2.75, 3.05) is 5.73 Å². The van der Waals surface area contributed by atoms with Crippen LogP contribution in [0, 0.1) is 17.8 Å². The maximum Gasteiger partial charge on any atom is 0.387 e. The quantitative estimate of drug-likeness (QED) is 0.898. The van der Waals surface area contributed by atoms with Crippen molar-refractivity contribution in [3.8, 4) is 17.0 Å². The highest BCUT2D eigenvalue weighted by Crippen LogP contribution is 2.91. The fourth-order valence-electron chi connectivity index (χ4n) is 5.25. The predicted molar refractivity (Wildman–Crippen MR) is 88.3 cm³/mol. The Hall–Kier alpha value is -2.18. The molecule has 2 heterocycles. The van der Waals surface area contributed by atoms with Crippen LogP contribution in [0.1, 0.15) is 38.4 Å². The summed E-state index contributed by atoms with van der Waals surface area (Å²) in [6, 6.07) is 3.85. The summed E-state index contributed by atoms with van der Waals surface area (Å²) in [5, 5.41) is 4.75. The zero-order valence-corrected chi connectivity index (χ0v) is 14.1. The molecule has 4 fully saturated rings. The van der Waals surface area contributed by atoms with Crippen LogP contribution >= 0.6 is 0 Å². The first-order chi connectivity index (χ1) is 11.9. The minimum Gasteiger partial charge on any atom is -0.431 e. The second-order valence-corrected chi connectivity index (χ2v) is 7.69. The highest BCUT2D eigenvalue weighted by molar-refractivity contribution is 5.66. The lowest BCUT2D eigenvalue weighted by Gasteiger charge is -2.14. The van der Waals surface area contributed by atoms with Crippen LogP contribution in [0.2, 0.25) is 0 Å². The first-order valence-corrected chi connectivity index (χ1v) is 8.75. The first kappa shape index (κ1) is 15.1. The van der Waals surface area contributed by atoms with E-state index in [1.807, 2.05) is 0 Å². The molecule has 4 atom stereocenters. The van der Waals surface area contributed by atoms with Gasteiger partial charge in [0.25, 0.3) is 0 Å². The van der Waals surface area contributed by atoms with E-state index in [0.717, 1.165) is 23.4 Å². The zero-order chi connectivity index (χ0) is 17.5. The van der Waals surface area contributed by atoms with Crippen molar-refractivity contribution in [2.45, 2.75) is 44.8 Å². The van der Waals surface area contributed by atoms with E-state index in [0.29, 0.717) is 11.0 Å². The summed E-state index contributed by atoms with van der Waals surface area (Å²) >= 11 is 0. The Bertz CT molecular complexity index is 841. The fourth-order valence-corrected chi connectivity index (χ4v) is 5.25. The van der Waals surface area contributed by atoms with Crippen molar-refractivity contribution < 1.29 is 13.5 Å². The Morgan fingerprint density at radius 2 is 2.00 bits per heavy atom. The van der Waals surface area contributed by atoms with E-state index in [1.54, 1.807) is 6.20 Å². The van der Waals surface area contributed by atoms with E-state index in [4.69, 9.17) is 10.8 Å². The van der Waals surface area contributed by atoms with E-state index in [-0.39, 0.29) is 17.6 Å². The third-order valence-electron chi connectivity index (χ3n) is 6.28. The van der Waals surface area contributed by atoms with Gasteiger partial charge in [-0.1, -0.05) is 0 Å². The maximum atomic E-state index is 12.5. The molecule has 4 saturated carbocycles. The van der Waals surface area contributed by atoms with E-state index >= 15 is 0 Å². The molecular weight excluding hydrogens is 326 g/mol. The lowest BCUT2D eigenvalue weighted by molar-refractivity contribution is -0.0494. The number of ether oxygens (including phenoxy) is 1.